The fourth-order valence-electron chi connectivity index (χ4n) is 3.12. The van der Waals surface area contributed by atoms with Crippen molar-refractivity contribution in [3.8, 4) is 0 Å². The fraction of sp³-hybridized carbons (Fsp3) is 0.222. The first-order chi connectivity index (χ1) is 11.6. The SMILES string of the molecule is O=C(c1ccc(F)cc1Cl)N1CCCC1c1nc2ccccc2s1. The summed E-state index contributed by atoms with van der Waals surface area (Å²) in [6.45, 7) is 0.660. The number of amides is 1. The molecule has 4 rings (SSSR count). The van der Waals surface area contributed by atoms with Crippen LogP contribution in [0.1, 0.15) is 34.2 Å². The summed E-state index contributed by atoms with van der Waals surface area (Å²) in [6, 6.07) is 11.8. The largest absolute Gasteiger partial charge is 0.329 e. The molecule has 0 spiro atoms. The van der Waals surface area contributed by atoms with Gasteiger partial charge in [-0.05, 0) is 43.2 Å². The maximum atomic E-state index is 13.2. The molecule has 1 atom stereocenters. The van der Waals surface area contributed by atoms with E-state index < -0.39 is 5.82 Å². The van der Waals surface area contributed by atoms with Crippen LogP contribution >= 0.6 is 22.9 Å². The molecule has 0 saturated carbocycles. The highest BCUT2D eigenvalue weighted by molar-refractivity contribution is 7.18. The lowest BCUT2D eigenvalue weighted by Gasteiger charge is -2.23. The molecule has 6 heteroatoms. The van der Waals surface area contributed by atoms with Gasteiger partial charge in [0.25, 0.3) is 5.91 Å². The van der Waals surface area contributed by atoms with Crippen LogP contribution in [0, 0.1) is 5.82 Å². The molecule has 2 aromatic carbocycles. The molecular formula is C18H14ClFN2OS. The molecule has 0 radical (unpaired) electrons. The first-order valence-electron chi connectivity index (χ1n) is 7.75. The Morgan fingerprint density at radius 1 is 1.29 bits per heavy atom. The van der Waals surface area contributed by atoms with E-state index in [1.165, 1.54) is 18.2 Å². The van der Waals surface area contributed by atoms with Gasteiger partial charge in [0.2, 0.25) is 0 Å². The van der Waals surface area contributed by atoms with Crippen LogP contribution in [-0.2, 0) is 0 Å². The molecule has 1 unspecified atom stereocenters. The summed E-state index contributed by atoms with van der Waals surface area (Å²) < 4.78 is 14.3. The number of benzene rings is 2. The molecule has 1 amide bonds. The second-order valence-corrected chi connectivity index (χ2v) is 7.27. The van der Waals surface area contributed by atoms with E-state index in [0.29, 0.717) is 12.1 Å². The molecule has 1 aliphatic rings. The summed E-state index contributed by atoms with van der Waals surface area (Å²) >= 11 is 7.68. The molecule has 2 heterocycles. The van der Waals surface area contributed by atoms with Gasteiger partial charge in [-0.3, -0.25) is 4.79 Å². The van der Waals surface area contributed by atoms with Crippen molar-refractivity contribution in [3.05, 3.63) is 63.9 Å². The zero-order valence-electron chi connectivity index (χ0n) is 12.7. The van der Waals surface area contributed by atoms with Crippen LogP contribution in [0.5, 0.6) is 0 Å². The first kappa shape index (κ1) is 15.5. The van der Waals surface area contributed by atoms with Gasteiger partial charge in [0, 0.05) is 6.54 Å². The monoisotopic (exact) mass is 360 g/mol. The number of halogens is 2. The number of carbonyl (C=O) groups is 1. The standard InChI is InChI=1S/C18H14ClFN2OS/c19-13-10-11(20)7-8-12(13)18(23)22-9-3-5-15(22)17-21-14-4-1-2-6-16(14)24-17/h1-2,4,6-8,10,15H,3,5,9H2. The Balaban J connectivity index is 1.68. The number of nitrogens with zero attached hydrogens (tertiary/aromatic N) is 2. The number of hydrogen-bond donors (Lipinski definition) is 0. The number of thiazole rings is 1. The molecule has 1 fully saturated rings. The Bertz CT molecular complexity index is 893. The molecule has 122 valence electrons. The van der Waals surface area contributed by atoms with Crippen LogP contribution in [0.2, 0.25) is 5.02 Å². The molecule has 0 aliphatic carbocycles. The van der Waals surface area contributed by atoms with Crippen molar-refractivity contribution < 1.29 is 9.18 Å². The Morgan fingerprint density at radius 3 is 2.92 bits per heavy atom. The van der Waals surface area contributed by atoms with Crippen LogP contribution in [0.4, 0.5) is 4.39 Å². The molecular weight excluding hydrogens is 347 g/mol. The summed E-state index contributed by atoms with van der Waals surface area (Å²) in [4.78, 5) is 19.4. The summed E-state index contributed by atoms with van der Waals surface area (Å²) in [5.74, 6) is -0.609. The molecule has 1 saturated heterocycles. The average Bonchev–Trinajstić information content (AvgIpc) is 3.20. The number of carbonyl (C=O) groups excluding carboxylic acids is 1. The van der Waals surface area contributed by atoms with Crippen LogP contribution in [0.3, 0.4) is 0 Å². The van der Waals surface area contributed by atoms with E-state index >= 15 is 0 Å². The zero-order valence-corrected chi connectivity index (χ0v) is 14.3. The van der Waals surface area contributed by atoms with Crippen molar-refractivity contribution in [1.29, 1.82) is 0 Å². The van der Waals surface area contributed by atoms with Crippen LogP contribution < -0.4 is 0 Å². The summed E-state index contributed by atoms with van der Waals surface area (Å²) in [6.07, 6.45) is 1.80. The van der Waals surface area contributed by atoms with Crippen molar-refractivity contribution >= 4 is 39.1 Å². The van der Waals surface area contributed by atoms with Crippen LogP contribution in [0.25, 0.3) is 10.2 Å². The van der Waals surface area contributed by atoms with E-state index in [1.54, 1.807) is 16.2 Å². The smallest absolute Gasteiger partial charge is 0.255 e. The fourth-order valence-corrected chi connectivity index (χ4v) is 4.48. The summed E-state index contributed by atoms with van der Waals surface area (Å²) in [5, 5.41) is 1.09. The predicted octanol–water partition coefficient (Wildman–Crippen LogP) is 5.07. The molecule has 0 bridgehead atoms. The minimum atomic E-state index is -0.444. The number of para-hydroxylation sites is 1. The lowest BCUT2D eigenvalue weighted by molar-refractivity contribution is 0.0735. The highest BCUT2D eigenvalue weighted by Gasteiger charge is 2.33. The third-order valence-corrected chi connectivity index (χ3v) is 5.72. The Morgan fingerprint density at radius 2 is 2.12 bits per heavy atom. The number of likely N-dealkylation sites (tertiary alicyclic amines) is 1. The summed E-state index contributed by atoms with van der Waals surface area (Å²) in [5.41, 5.74) is 1.29. The Kier molecular flexibility index (Phi) is 3.98. The van der Waals surface area contributed by atoms with Crippen molar-refractivity contribution in [3.63, 3.8) is 0 Å². The summed E-state index contributed by atoms with van der Waals surface area (Å²) in [7, 11) is 0. The molecule has 3 nitrogen and oxygen atoms in total. The Hall–Kier alpha value is -1.98. The van der Waals surface area contributed by atoms with Gasteiger partial charge in [-0.25, -0.2) is 9.37 Å². The van der Waals surface area contributed by atoms with Gasteiger partial charge in [0.05, 0.1) is 26.8 Å². The van der Waals surface area contributed by atoms with Crippen LogP contribution in [0.15, 0.2) is 42.5 Å². The Labute approximate surface area is 147 Å². The van der Waals surface area contributed by atoms with Gasteiger partial charge in [-0.2, -0.15) is 0 Å². The molecule has 24 heavy (non-hydrogen) atoms. The van der Waals surface area contributed by atoms with E-state index in [0.717, 1.165) is 28.1 Å². The second-order valence-electron chi connectivity index (χ2n) is 5.80. The average molecular weight is 361 g/mol. The number of hydrogen-bond acceptors (Lipinski definition) is 3. The highest BCUT2D eigenvalue weighted by atomic mass is 35.5. The minimum Gasteiger partial charge on any atom is -0.329 e. The highest BCUT2D eigenvalue weighted by Crippen LogP contribution is 2.37. The second kappa shape index (κ2) is 6.15. The molecule has 0 N–H and O–H groups in total. The van der Waals surface area contributed by atoms with Crippen LogP contribution in [-0.4, -0.2) is 22.3 Å². The van der Waals surface area contributed by atoms with E-state index in [-0.39, 0.29) is 17.0 Å². The van der Waals surface area contributed by atoms with Gasteiger partial charge in [-0.15, -0.1) is 11.3 Å². The van der Waals surface area contributed by atoms with Gasteiger partial charge in [0.15, 0.2) is 0 Å². The van der Waals surface area contributed by atoms with Crippen molar-refractivity contribution in [2.24, 2.45) is 0 Å². The zero-order chi connectivity index (χ0) is 16.7. The van der Waals surface area contributed by atoms with Gasteiger partial charge in [-0.1, -0.05) is 23.7 Å². The minimum absolute atomic E-state index is 0.0454. The van der Waals surface area contributed by atoms with Gasteiger partial charge in [0.1, 0.15) is 10.8 Å². The van der Waals surface area contributed by atoms with Crippen molar-refractivity contribution in [2.75, 3.05) is 6.54 Å². The van der Waals surface area contributed by atoms with Crippen molar-refractivity contribution in [2.45, 2.75) is 18.9 Å². The molecule has 1 aromatic heterocycles. The maximum Gasteiger partial charge on any atom is 0.255 e. The van der Waals surface area contributed by atoms with Gasteiger partial charge >= 0.3 is 0 Å². The lowest BCUT2D eigenvalue weighted by atomic mass is 10.1. The third kappa shape index (κ3) is 2.68. The number of fused-ring (bicyclic) bond motifs is 1. The normalized spacial score (nSPS) is 17.6. The maximum absolute atomic E-state index is 13.2. The predicted molar refractivity (Wildman–Crippen MR) is 94.0 cm³/mol. The quantitative estimate of drug-likeness (QED) is 0.639. The van der Waals surface area contributed by atoms with Gasteiger partial charge < -0.3 is 4.90 Å². The molecule has 1 aliphatic heterocycles. The first-order valence-corrected chi connectivity index (χ1v) is 8.94. The third-order valence-electron chi connectivity index (χ3n) is 4.27. The number of rotatable bonds is 2. The van der Waals surface area contributed by atoms with E-state index in [9.17, 15) is 9.18 Å². The molecule has 3 aromatic rings. The lowest BCUT2D eigenvalue weighted by Crippen LogP contribution is -2.30. The van der Waals surface area contributed by atoms with E-state index in [2.05, 4.69) is 4.98 Å². The number of aromatic nitrogens is 1. The van der Waals surface area contributed by atoms with E-state index in [1.807, 2.05) is 24.3 Å². The van der Waals surface area contributed by atoms with E-state index in [4.69, 9.17) is 11.6 Å². The topological polar surface area (TPSA) is 33.2 Å². The van der Waals surface area contributed by atoms with Crippen molar-refractivity contribution in [1.82, 2.24) is 9.88 Å².